The van der Waals surface area contributed by atoms with E-state index < -0.39 is 6.35 Å². The average Bonchev–Trinajstić information content (AvgIpc) is 2.95. The molecule has 1 fully saturated rings. The molecule has 3 heterocycles. The lowest BCUT2D eigenvalue weighted by molar-refractivity contribution is 0.0175. The van der Waals surface area contributed by atoms with E-state index in [0.717, 1.165) is 41.2 Å². The van der Waals surface area contributed by atoms with Crippen LogP contribution in [0.25, 0.3) is 15.9 Å². The summed E-state index contributed by atoms with van der Waals surface area (Å²) in [5, 5.41) is 13.5. The van der Waals surface area contributed by atoms with Crippen molar-refractivity contribution in [2.45, 2.75) is 33.2 Å². The van der Waals surface area contributed by atoms with Crippen LogP contribution < -0.4 is 16.6 Å². The number of aliphatic hydroxyl groups is 1. The van der Waals surface area contributed by atoms with Gasteiger partial charge in [0.1, 0.15) is 4.83 Å². The molecule has 128 valence electrons. The first-order chi connectivity index (χ1) is 11.4. The molecule has 1 aliphatic heterocycles. The van der Waals surface area contributed by atoms with Crippen molar-refractivity contribution >= 4 is 27.3 Å². The van der Waals surface area contributed by atoms with Gasteiger partial charge in [-0.05, 0) is 25.0 Å². The molecule has 2 aliphatic rings. The second-order valence-corrected chi connectivity index (χ2v) is 7.60. The van der Waals surface area contributed by atoms with Gasteiger partial charge in [-0.25, -0.2) is 9.36 Å². The van der Waals surface area contributed by atoms with E-state index in [9.17, 15) is 14.7 Å². The summed E-state index contributed by atoms with van der Waals surface area (Å²) in [5.41, 5.74) is 2.32. The normalized spacial score (nSPS) is 21.2. The Balaban J connectivity index is 1.89. The maximum Gasteiger partial charge on any atom is 0.336 e. The number of hydrogen-bond acceptors (Lipinski definition) is 6. The van der Waals surface area contributed by atoms with E-state index in [0.29, 0.717) is 16.8 Å². The van der Waals surface area contributed by atoms with Crippen LogP contribution in [0.4, 0.5) is 0 Å². The Morgan fingerprint density at radius 3 is 2.62 bits per heavy atom. The molecule has 1 saturated heterocycles. The molecule has 2 aromatic rings. The number of aliphatic hydroxyl groups excluding tert-OH is 1. The van der Waals surface area contributed by atoms with Crippen molar-refractivity contribution in [3.05, 3.63) is 36.9 Å². The molecular weight excluding hydrogens is 328 g/mol. The molecule has 1 unspecified atom stereocenters. The van der Waals surface area contributed by atoms with Crippen molar-refractivity contribution in [3.63, 3.8) is 0 Å². The molecule has 0 amide bonds. The molecule has 0 radical (unpaired) electrons. The van der Waals surface area contributed by atoms with Gasteiger partial charge in [0, 0.05) is 43.7 Å². The molecule has 0 spiro atoms. The summed E-state index contributed by atoms with van der Waals surface area (Å²) in [6.45, 7) is 5.93. The molecule has 24 heavy (non-hydrogen) atoms. The molecule has 2 aromatic heterocycles. The number of fused-ring (bicyclic) bond motifs is 1. The molecule has 8 heteroatoms. The Hall–Kier alpha value is -1.74. The first-order valence-corrected chi connectivity index (χ1v) is 8.80. The van der Waals surface area contributed by atoms with Crippen molar-refractivity contribution in [1.29, 1.82) is 0 Å². The second kappa shape index (κ2) is 5.38. The zero-order valence-electron chi connectivity index (χ0n) is 13.9. The van der Waals surface area contributed by atoms with Gasteiger partial charge in [0.2, 0.25) is 0 Å². The van der Waals surface area contributed by atoms with Gasteiger partial charge in [-0.2, -0.15) is 0 Å². The third-order valence-electron chi connectivity index (χ3n) is 4.92. The van der Waals surface area contributed by atoms with E-state index in [2.05, 4.69) is 5.32 Å². The Kier molecular flexibility index (Phi) is 3.54. The van der Waals surface area contributed by atoms with Gasteiger partial charge in [0.25, 0.3) is 5.56 Å². The average molecular weight is 348 g/mol. The fraction of sp³-hybridized carbons (Fsp3) is 0.500. The summed E-state index contributed by atoms with van der Waals surface area (Å²) in [7, 11) is 1.71. The minimum atomic E-state index is -0.658. The number of allylic oxidation sites excluding steroid dienone is 2. The molecule has 4 rings (SSSR count). The van der Waals surface area contributed by atoms with E-state index in [1.165, 1.54) is 15.9 Å². The van der Waals surface area contributed by atoms with Gasteiger partial charge in [-0.1, -0.05) is 0 Å². The number of rotatable bonds is 3. The van der Waals surface area contributed by atoms with Gasteiger partial charge in [-0.15, -0.1) is 11.3 Å². The van der Waals surface area contributed by atoms with Gasteiger partial charge in [0.05, 0.1) is 5.39 Å². The molecule has 0 bridgehead atoms. The minimum absolute atomic E-state index is 0.222. The Morgan fingerprint density at radius 1 is 1.33 bits per heavy atom. The third-order valence-corrected chi connectivity index (χ3v) is 6.27. The van der Waals surface area contributed by atoms with E-state index in [-0.39, 0.29) is 11.2 Å². The summed E-state index contributed by atoms with van der Waals surface area (Å²) in [5.74, 6) is 0. The van der Waals surface area contributed by atoms with Crippen molar-refractivity contribution in [1.82, 2.24) is 19.4 Å². The van der Waals surface area contributed by atoms with Crippen LogP contribution in [0, 0.1) is 6.92 Å². The van der Waals surface area contributed by atoms with Crippen LogP contribution in [0.5, 0.6) is 0 Å². The van der Waals surface area contributed by atoms with E-state index in [1.807, 2.05) is 18.7 Å². The van der Waals surface area contributed by atoms with E-state index in [1.54, 1.807) is 11.6 Å². The summed E-state index contributed by atoms with van der Waals surface area (Å²) >= 11 is 1.46. The maximum absolute atomic E-state index is 12.9. The maximum atomic E-state index is 12.9. The highest BCUT2D eigenvalue weighted by Gasteiger charge is 2.28. The highest BCUT2D eigenvalue weighted by atomic mass is 32.1. The van der Waals surface area contributed by atoms with Crippen molar-refractivity contribution in [2.24, 2.45) is 7.05 Å². The standard InChI is InChI=1S/C16H20N4O3S/c1-8-6-10(8)20-13(21)12-9(2)11(7-19-5-4-17-15(19)22)24-14(12)18(3)16(20)23/h15,17,22H,4-7H2,1-3H3. The first-order valence-electron chi connectivity index (χ1n) is 7.98. The summed E-state index contributed by atoms with van der Waals surface area (Å²) < 4.78 is 2.88. The zero-order valence-corrected chi connectivity index (χ0v) is 14.7. The van der Waals surface area contributed by atoms with E-state index >= 15 is 0 Å². The molecule has 7 nitrogen and oxygen atoms in total. The number of aromatic nitrogens is 2. The van der Waals surface area contributed by atoms with Crippen molar-refractivity contribution < 1.29 is 5.11 Å². The van der Waals surface area contributed by atoms with Gasteiger partial charge < -0.3 is 5.11 Å². The van der Waals surface area contributed by atoms with Crippen LogP contribution in [0.1, 0.15) is 23.8 Å². The topological polar surface area (TPSA) is 79.5 Å². The van der Waals surface area contributed by atoms with Crippen molar-refractivity contribution in [2.75, 3.05) is 13.1 Å². The van der Waals surface area contributed by atoms with Gasteiger partial charge in [0.15, 0.2) is 6.35 Å². The first kappa shape index (κ1) is 15.8. The fourth-order valence-electron chi connectivity index (χ4n) is 3.27. The number of nitrogens with one attached hydrogen (secondary N) is 1. The number of thiophene rings is 1. The SMILES string of the molecule is CC1=C(n2c(=O)c3c(C)c(CN4CCNC4O)sc3n(C)c2=O)C1. The number of aryl methyl sites for hydroxylation is 2. The Labute approximate surface area is 142 Å². The smallest absolute Gasteiger partial charge is 0.336 e. The zero-order chi connectivity index (χ0) is 17.2. The van der Waals surface area contributed by atoms with E-state index in [4.69, 9.17) is 0 Å². The fourth-order valence-corrected chi connectivity index (χ4v) is 4.55. The summed E-state index contributed by atoms with van der Waals surface area (Å²) in [6.07, 6.45) is 0.0665. The lowest BCUT2D eigenvalue weighted by atomic mass is 10.2. The molecule has 0 aromatic carbocycles. The summed E-state index contributed by atoms with van der Waals surface area (Å²) in [6, 6.07) is 0. The van der Waals surface area contributed by atoms with Crippen LogP contribution >= 0.6 is 11.3 Å². The minimum Gasteiger partial charge on any atom is -0.365 e. The van der Waals surface area contributed by atoms with Crippen LogP contribution in [0.15, 0.2) is 15.2 Å². The van der Waals surface area contributed by atoms with Crippen LogP contribution in [0.3, 0.4) is 0 Å². The van der Waals surface area contributed by atoms with Crippen molar-refractivity contribution in [3.8, 4) is 0 Å². The Morgan fingerprint density at radius 2 is 2.04 bits per heavy atom. The second-order valence-electron chi connectivity index (χ2n) is 6.51. The van der Waals surface area contributed by atoms with Crippen LogP contribution in [-0.4, -0.2) is 38.6 Å². The highest BCUT2D eigenvalue weighted by Crippen LogP contribution is 2.34. The molecule has 2 N–H and O–H groups in total. The molecule has 1 atom stereocenters. The third kappa shape index (κ3) is 2.21. The monoisotopic (exact) mass is 348 g/mol. The van der Waals surface area contributed by atoms with Crippen LogP contribution in [0.2, 0.25) is 0 Å². The lowest BCUT2D eigenvalue weighted by Gasteiger charge is -2.18. The number of hydrogen-bond donors (Lipinski definition) is 2. The van der Waals surface area contributed by atoms with Gasteiger partial charge >= 0.3 is 5.69 Å². The van der Waals surface area contributed by atoms with Crippen LogP contribution in [-0.2, 0) is 13.6 Å². The number of nitrogens with zero attached hydrogens (tertiary/aromatic N) is 3. The molecular formula is C16H20N4O3S. The molecule has 1 aliphatic carbocycles. The lowest BCUT2D eigenvalue weighted by Crippen LogP contribution is -2.36. The predicted molar refractivity (Wildman–Crippen MR) is 94.0 cm³/mol. The predicted octanol–water partition coefficient (Wildman–Crippen LogP) is 0.386. The highest BCUT2D eigenvalue weighted by molar-refractivity contribution is 7.18. The molecule has 0 saturated carbocycles. The Bertz CT molecular complexity index is 997. The van der Waals surface area contributed by atoms with Gasteiger partial charge in [-0.3, -0.25) is 19.6 Å². The largest absolute Gasteiger partial charge is 0.365 e. The summed E-state index contributed by atoms with van der Waals surface area (Å²) in [4.78, 5) is 29.1. The quantitative estimate of drug-likeness (QED) is 0.839.